The Morgan fingerprint density at radius 1 is 1.26 bits per heavy atom. The molecule has 106 valence electrons. The molecule has 1 saturated heterocycles. The highest BCUT2D eigenvalue weighted by Gasteiger charge is 2.41. The molecule has 2 rings (SSSR count). The van der Waals surface area contributed by atoms with Crippen LogP contribution in [0.5, 0.6) is 0 Å². The van der Waals surface area contributed by atoms with Gasteiger partial charge in [0.1, 0.15) is 17.7 Å². The first-order chi connectivity index (χ1) is 9.00. The van der Waals surface area contributed by atoms with E-state index in [0.29, 0.717) is 6.42 Å². The first kappa shape index (κ1) is 14.4. The fraction of sp³-hybridized carbons (Fsp3) is 0.600. The van der Waals surface area contributed by atoms with Crippen molar-refractivity contribution in [1.29, 1.82) is 0 Å². The van der Waals surface area contributed by atoms with Crippen LogP contribution >= 0.6 is 0 Å². The van der Waals surface area contributed by atoms with Crippen LogP contribution in [0.2, 0.25) is 0 Å². The summed E-state index contributed by atoms with van der Waals surface area (Å²) in [5.41, 5.74) is -0.835. The van der Waals surface area contributed by atoms with Gasteiger partial charge in [-0.25, -0.2) is 8.78 Å². The maximum atomic E-state index is 13.8. The van der Waals surface area contributed by atoms with Crippen molar-refractivity contribution in [2.75, 3.05) is 13.1 Å². The summed E-state index contributed by atoms with van der Waals surface area (Å²) in [6.45, 7) is 5.57. The van der Waals surface area contributed by atoms with Crippen molar-refractivity contribution >= 4 is 0 Å². The number of benzene rings is 1. The number of rotatable bonds is 4. The number of likely N-dealkylation sites (tertiary alicyclic amines) is 1. The summed E-state index contributed by atoms with van der Waals surface area (Å²) in [4.78, 5) is 2.14. The number of halogens is 2. The van der Waals surface area contributed by atoms with Gasteiger partial charge in [0.05, 0.1) is 5.56 Å². The lowest BCUT2D eigenvalue weighted by molar-refractivity contribution is -0.0177. The molecule has 0 saturated carbocycles. The predicted molar refractivity (Wildman–Crippen MR) is 70.8 cm³/mol. The lowest BCUT2D eigenvalue weighted by Crippen LogP contribution is -2.49. The first-order valence-electron chi connectivity index (χ1n) is 6.87. The molecular weight excluding hydrogens is 248 g/mol. The summed E-state index contributed by atoms with van der Waals surface area (Å²) in [5, 5.41) is 10.5. The van der Waals surface area contributed by atoms with Crippen LogP contribution in [0, 0.1) is 11.6 Å². The standard InChI is InChI=1S/C15H21F2NO/c1-3-15(2,18-9-4-5-10-18)14(19)13-11(16)7-6-8-12(13)17/h6-8,14,19H,3-5,9-10H2,1-2H3. The average molecular weight is 269 g/mol. The van der Waals surface area contributed by atoms with Gasteiger partial charge in [-0.2, -0.15) is 0 Å². The van der Waals surface area contributed by atoms with Crippen LogP contribution in [0.25, 0.3) is 0 Å². The molecule has 1 heterocycles. The van der Waals surface area contributed by atoms with Crippen molar-refractivity contribution in [3.8, 4) is 0 Å². The minimum Gasteiger partial charge on any atom is -0.386 e. The van der Waals surface area contributed by atoms with Crippen molar-refractivity contribution in [3.05, 3.63) is 35.4 Å². The van der Waals surface area contributed by atoms with E-state index in [-0.39, 0.29) is 5.56 Å². The summed E-state index contributed by atoms with van der Waals surface area (Å²) in [6.07, 6.45) is 1.63. The fourth-order valence-corrected chi connectivity index (χ4v) is 2.90. The lowest BCUT2D eigenvalue weighted by Gasteiger charge is -2.42. The van der Waals surface area contributed by atoms with Crippen LogP contribution in [0.3, 0.4) is 0 Å². The number of aliphatic hydroxyl groups is 1. The van der Waals surface area contributed by atoms with E-state index >= 15 is 0 Å². The zero-order valence-electron chi connectivity index (χ0n) is 11.5. The van der Waals surface area contributed by atoms with E-state index < -0.39 is 23.3 Å². The third-order valence-electron chi connectivity index (χ3n) is 4.41. The Hall–Kier alpha value is -1.00. The van der Waals surface area contributed by atoms with Crippen LogP contribution in [0.15, 0.2) is 18.2 Å². The van der Waals surface area contributed by atoms with Crippen molar-refractivity contribution in [1.82, 2.24) is 4.90 Å². The Morgan fingerprint density at radius 2 is 1.79 bits per heavy atom. The first-order valence-corrected chi connectivity index (χ1v) is 6.87. The monoisotopic (exact) mass is 269 g/mol. The molecule has 0 amide bonds. The molecule has 1 fully saturated rings. The van der Waals surface area contributed by atoms with E-state index in [2.05, 4.69) is 4.90 Å². The molecule has 2 nitrogen and oxygen atoms in total. The molecule has 1 aliphatic heterocycles. The van der Waals surface area contributed by atoms with Gasteiger partial charge in [-0.3, -0.25) is 4.90 Å². The number of nitrogens with zero attached hydrogens (tertiary/aromatic N) is 1. The molecule has 1 aromatic carbocycles. The van der Waals surface area contributed by atoms with E-state index in [1.54, 1.807) is 0 Å². The van der Waals surface area contributed by atoms with E-state index in [4.69, 9.17) is 0 Å². The van der Waals surface area contributed by atoms with Crippen LogP contribution in [0.1, 0.15) is 44.8 Å². The van der Waals surface area contributed by atoms with Gasteiger partial charge in [-0.15, -0.1) is 0 Å². The maximum absolute atomic E-state index is 13.8. The van der Waals surface area contributed by atoms with Gasteiger partial charge in [0.25, 0.3) is 0 Å². The summed E-state index contributed by atoms with van der Waals surface area (Å²) >= 11 is 0. The van der Waals surface area contributed by atoms with Gasteiger partial charge in [0.2, 0.25) is 0 Å². The van der Waals surface area contributed by atoms with E-state index in [0.717, 1.165) is 25.9 Å². The minimum atomic E-state index is -1.16. The van der Waals surface area contributed by atoms with E-state index in [9.17, 15) is 13.9 Å². The second kappa shape index (κ2) is 5.55. The second-order valence-corrected chi connectivity index (χ2v) is 5.44. The van der Waals surface area contributed by atoms with E-state index in [1.807, 2.05) is 13.8 Å². The topological polar surface area (TPSA) is 23.5 Å². The Kier molecular flexibility index (Phi) is 4.21. The fourth-order valence-electron chi connectivity index (χ4n) is 2.90. The van der Waals surface area contributed by atoms with Crippen molar-refractivity contribution in [3.63, 3.8) is 0 Å². The minimum absolute atomic E-state index is 0.209. The molecule has 2 atom stereocenters. The molecule has 1 N–H and O–H groups in total. The predicted octanol–water partition coefficient (Wildman–Crippen LogP) is 3.26. The summed E-state index contributed by atoms with van der Waals surface area (Å²) in [5.74, 6) is -1.35. The normalized spacial score (nSPS) is 21.3. The summed E-state index contributed by atoms with van der Waals surface area (Å²) < 4.78 is 27.7. The maximum Gasteiger partial charge on any atom is 0.132 e. The van der Waals surface area contributed by atoms with Gasteiger partial charge in [0, 0.05) is 5.54 Å². The van der Waals surface area contributed by atoms with Gasteiger partial charge < -0.3 is 5.11 Å². The molecule has 2 unspecified atom stereocenters. The Bertz CT molecular complexity index is 426. The van der Waals surface area contributed by atoms with Gasteiger partial charge in [-0.05, 0) is 51.4 Å². The second-order valence-electron chi connectivity index (χ2n) is 5.44. The van der Waals surface area contributed by atoms with Crippen LogP contribution in [0.4, 0.5) is 8.78 Å². The Balaban J connectivity index is 2.37. The molecule has 1 aliphatic rings. The molecule has 0 aromatic heterocycles. The van der Waals surface area contributed by atoms with Crippen LogP contribution < -0.4 is 0 Å². The molecular formula is C15H21F2NO. The Labute approximate surface area is 113 Å². The van der Waals surface area contributed by atoms with Crippen molar-refractivity contribution in [2.24, 2.45) is 0 Å². The van der Waals surface area contributed by atoms with Gasteiger partial charge >= 0.3 is 0 Å². The quantitative estimate of drug-likeness (QED) is 0.907. The number of aliphatic hydroxyl groups excluding tert-OH is 1. The van der Waals surface area contributed by atoms with Crippen LogP contribution in [-0.2, 0) is 0 Å². The van der Waals surface area contributed by atoms with Gasteiger partial charge in [0.15, 0.2) is 0 Å². The third-order valence-corrected chi connectivity index (χ3v) is 4.41. The molecule has 0 aliphatic carbocycles. The summed E-state index contributed by atoms with van der Waals surface area (Å²) in [7, 11) is 0. The molecule has 1 aromatic rings. The molecule has 0 bridgehead atoms. The van der Waals surface area contributed by atoms with E-state index in [1.165, 1.54) is 18.2 Å². The zero-order valence-corrected chi connectivity index (χ0v) is 11.5. The lowest BCUT2D eigenvalue weighted by atomic mass is 9.85. The van der Waals surface area contributed by atoms with Crippen molar-refractivity contribution in [2.45, 2.75) is 44.8 Å². The van der Waals surface area contributed by atoms with Crippen LogP contribution in [-0.4, -0.2) is 28.6 Å². The number of hydrogen-bond donors (Lipinski definition) is 1. The SMILES string of the molecule is CCC(C)(C(O)c1c(F)cccc1F)N1CCCC1. The largest absolute Gasteiger partial charge is 0.386 e. The molecule has 4 heteroatoms. The highest BCUT2D eigenvalue weighted by molar-refractivity contribution is 5.25. The van der Waals surface area contributed by atoms with Gasteiger partial charge in [-0.1, -0.05) is 13.0 Å². The van der Waals surface area contributed by atoms with Crippen molar-refractivity contribution < 1.29 is 13.9 Å². The summed E-state index contributed by atoms with van der Waals surface area (Å²) in [6, 6.07) is 3.71. The number of hydrogen-bond acceptors (Lipinski definition) is 2. The highest BCUT2D eigenvalue weighted by atomic mass is 19.1. The smallest absolute Gasteiger partial charge is 0.132 e. The third kappa shape index (κ3) is 2.51. The zero-order chi connectivity index (χ0) is 14.0. The molecule has 0 radical (unpaired) electrons. The Morgan fingerprint density at radius 3 is 2.26 bits per heavy atom. The average Bonchev–Trinajstić information content (AvgIpc) is 2.91. The highest BCUT2D eigenvalue weighted by Crippen LogP contribution is 2.38. The molecule has 19 heavy (non-hydrogen) atoms. The molecule has 0 spiro atoms.